The average Bonchev–Trinajstić information content (AvgIpc) is 1.67. The summed E-state index contributed by atoms with van der Waals surface area (Å²) in [5, 5.41) is 9.85. The molecule has 0 heterocycles. The maximum atomic E-state index is 9.85. The van der Waals surface area contributed by atoms with Gasteiger partial charge < -0.3 is 40.3 Å². The van der Waals surface area contributed by atoms with Crippen molar-refractivity contribution >= 4 is 5.97 Å². The van der Waals surface area contributed by atoms with E-state index in [4.69, 9.17) is 5.73 Å². The van der Waals surface area contributed by atoms with E-state index in [0.717, 1.165) is 0 Å². The molecule has 0 saturated carbocycles. The van der Waals surface area contributed by atoms with Crippen molar-refractivity contribution in [2.45, 2.75) is 6.92 Å². The Morgan fingerprint density at radius 2 is 1.91 bits per heavy atom. The van der Waals surface area contributed by atoms with Crippen LogP contribution in [-0.4, -0.2) is 12.5 Å². The lowest BCUT2D eigenvalue weighted by Crippen LogP contribution is -3.00. The summed E-state index contributed by atoms with van der Waals surface area (Å²) in [5.74, 6) is -1.16. The highest BCUT2D eigenvalue weighted by atomic mass is 35.5. The van der Waals surface area contributed by atoms with Crippen LogP contribution in [-0.2, 0) is 4.79 Å². The number of halogens is 1. The van der Waals surface area contributed by atoms with Gasteiger partial charge in [0.05, 0.1) is 5.97 Å². The fraction of sp³-hybridized carbons (Fsp3) is 0.400. The molecule has 0 unspecified atom stereocenters. The van der Waals surface area contributed by atoms with Crippen LogP contribution in [0.2, 0.25) is 0 Å². The van der Waals surface area contributed by atoms with E-state index in [1.807, 2.05) is 0 Å². The molecule has 0 aliphatic rings. The van der Waals surface area contributed by atoms with Crippen LogP contribution in [0.25, 0.3) is 0 Å². The molecule has 11 heavy (non-hydrogen) atoms. The lowest BCUT2D eigenvalue weighted by molar-refractivity contribution is -0.299. The summed E-state index contributed by atoms with van der Waals surface area (Å²) < 4.78 is 0. The third-order valence-electron chi connectivity index (χ3n) is 0.746. The molecule has 0 radical (unpaired) electrons. The van der Waals surface area contributed by atoms with E-state index < -0.39 is 5.97 Å². The van der Waals surface area contributed by atoms with Crippen molar-refractivity contribution in [2.75, 3.05) is 6.54 Å². The standard InChI is InChI=1S/C5H9NO2.ClH.2H3N/c1-4(2-3-6)5(7)8;;;/h2H,3,6H2,1H3,(H,7,8);1H;2*1H3. The molecule has 10 N–H and O–H groups in total. The molecule has 6 heteroatoms. The number of carboxylic acid groups (broad SMARTS) is 1. The number of quaternary nitrogens is 2. The van der Waals surface area contributed by atoms with Crippen LogP contribution in [0.5, 0.6) is 0 Å². The van der Waals surface area contributed by atoms with Crippen molar-refractivity contribution in [3.63, 3.8) is 0 Å². The van der Waals surface area contributed by atoms with Crippen LogP contribution in [0.1, 0.15) is 6.92 Å². The van der Waals surface area contributed by atoms with Gasteiger partial charge in [0.25, 0.3) is 0 Å². The van der Waals surface area contributed by atoms with E-state index in [2.05, 4.69) is 0 Å². The highest BCUT2D eigenvalue weighted by Crippen LogP contribution is 1.85. The molecule has 0 spiro atoms. The van der Waals surface area contributed by atoms with Gasteiger partial charge in [0, 0.05) is 6.54 Å². The molecule has 0 aliphatic carbocycles. The number of hydrogen-bond donors (Lipinski definition) is 3. The summed E-state index contributed by atoms with van der Waals surface area (Å²) in [4.78, 5) is 9.85. The zero-order valence-electron chi connectivity index (χ0n) is 7.06. The van der Waals surface area contributed by atoms with E-state index in [1.165, 1.54) is 13.0 Å². The normalized spacial score (nSPS) is 8.36. The first-order chi connectivity index (χ1) is 3.68. The Bertz CT molecular complexity index is 127. The second-order valence-electron chi connectivity index (χ2n) is 1.41. The molecular formula is C5H16ClN3O2. The molecule has 0 atom stereocenters. The van der Waals surface area contributed by atoms with E-state index in [9.17, 15) is 9.90 Å². The molecule has 70 valence electrons. The summed E-state index contributed by atoms with van der Waals surface area (Å²) in [6.45, 7) is 1.70. The first-order valence-electron chi connectivity index (χ1n) is 2.26. The van der Waals surface area contributed by atoms with Gasteiger partial charge in [0.2, 0.25) is 0 Å². The fourth-order valence-corrected chi connectivity index (χ4v) is 0.260. The summed E-state index contributed by atoms with van der Waals surface area (Å²) in [7, 11) is 0. The molecule has 0 rings (SSSR count). The van der Waals surface area contributed by atoms with Crippen LogP contribution in [0.4, 0.5) is 0 Å². The fourth-order valence-electron chi connectivity index (χ4n) is 0.260. The first-order valence-corrected chi connectivity index (χ1v) is 2.26. The van der Waals surface area contributed by atoms with E-state index >= 15 is 0 Å². The quantitative estimate of drug-likeness (QED) is 0.383. The Balaban J connectivity index is -0.0000000817. The van der Waals surface area contributed by atoms with Crippen LogP contribution in [0.3, 0.4) is 0 Å². The zero-order chi connectivity index (χ0) is 6.57. The first kappa shape index (κ1) is 22.4. The summed E-state index contributed by atoms with van der Waals surface area (Å²) in [5.41, 5.74) is 5.19. The van der Waals surface area contributed by atoms with Gasteiger partial charge in [-0.15, -0.1) is 0 Å². The third kappa shape index (κ3) is 12.6. The van der Waals surface area contributed by atoms with Crippen molar-refractivity contribution in [2.24, 2.45) is 5.73 Å². The molecule has 0 fully saturated rings. The summed E-state index contributed by atoms with van der Waals surface area (Å²) in [6, 6.07) is 0. The molecular weight excluding hydrogens is 170 g/mol. The molecule has 0 amide bonds. The van der Waals surface area contributed by atoms with E-state index in [-0.39, 0.29) is 36.8 Å². The monoisotopic (exact) mass is 185 g/mol. The van der Waals surface area contributed by atoms with Gasteiger partial charge >= 0.3 is 0 Å². The summed E-state index contributed by atoms with van der Waals surface area (Å²) in [6.07, 6.45) is 1.40. The van der Waals surface area contributed by atoms with Crippen molar-refractivity contribution in [1.82, 2.24) is 12.3 Å². The van der Waals surface area contributed by atoms with Crippen molar-refractivity contribution < 1.29 is 22.3 Å². The van der Waals surface area contributed by atoms with Gasteiger partial charge in [-0.2, -0.15) is 0 Å². The van der Waals surface area contributed by atoms with Gasteiger partial charge in [-0.25, -0.2) is 0 Å². The van der Waals surface area contributed by atoms with E-state index in [1.54, 1.807) is 0 Å². The van der Waals surface area contributed by atoms with Gasteiger partial charge in [-0.1, -0.05) is 6.08 Å². The van der Waals surface area contributed by atoms with Gasteiger partial charge in [0.15, 0.2) is 0 Å². The number of carbonyl (C=O) groups is 1. The molecule has 0 saturated heterocycles. The molecule has 5 nitrogen and oxygen atoms in total. The van der Waals surface area contributed by atoms with Crippen molar-refractivity contribution in [3.05, 3.63) is 11.6 Å². The van der Waals surface area contributed by atoms with Crippen LogP contribution in [0.15, 0.2) is 11.6 Å². The van der Waals surface area contributed by atoms with Gasteiger partial charge in [-0.3, -0.25) is 0 Å². The lowest BCUT2D eigenvalue weighted by atomic mass is 10.3. The second-order valence-corrected chi connectivity index (χ2v) is 1.41. The summed E-state index contributed by atoms with van der Waals surface area (Å²) >= 11 is 0. The highest BCUT2D eigenvalue weighted by molar-refractivity contribution is 5.83. The topological polar surface area (TPSA) is 139 Å². The Kier molecular flexibility index (Phi) is 24.7. The second kappa shape index (κ2) is 12.1. The number of nitrogens with two attached hydrogens (primary N) is 1. The van der Waals surface area contributed by atoms with E-state index in [0.29, 0.717) is 0 Å². The number of rotatable bonds is 2. The molecule has 0 aromatic heterocycles. The predicted octanol–water partition coefficient (Wildman–Crippen LogP) is -3.60. The molecule has 0 aliphatic heterocycles. The Morgan fingerprint density at radius 3 is 2.00 bits per heavy atom. The Hall–Kier alpha value is -0.620. The molecule has 0 aromatic carbocycles. The third-order valence-corrected chi connectivity index (χ3v) is 0.746. The average molecular weight is 186 g/mol. The number of carbonyl (C=O) groups excluding carboxylic acids is 1. The smallest absolute Gasteiger partial charge is 0.0669 e. The highest BCUT2D eigenvalue weighted by Gasteiger charge is 1.83. The van der Waals surface area contributed by atoms with Gasteiger partial charge in [0.1, 0.15) is 0 Å². The maximum absolute atomic E-state index is 9.85. The van der Waals surface area contributed by atoms with Crippen molar-refractivity contribution in [3.8, 4) is 0 Å². The van der Waals surface area contributed by atoms with Gasteiger partial charge in [-0.05, 0) is 12.5 Å². The van der Waals surface area contributed by atoms with Crippen LogP contribution >= 0.6 is 0 Å². The minimum atomic E-state index is -1.16. The minimum absolute atomic E-state index is 0. The maximum Gasteiger partial charge on any atom is 0.0669 e. The molecule has 0 bridgehead atoms. The lowest BCUT2D eigenvalue weighted by Gasteiger charge is -1.97. The Morgan fingerprint density at radius 1 is 1.55 bits per heavy atom. The number of carboxylic acids is 1. The van der Waals surface area contributed by atoms with Crippen molar-refractivity contribution in [1.29, 1.82) is 0 Å². The SMILES string of the molecule is CC(=CCN)C(=O)[O-].[Cl-].[NH4+].[NH4+]. The predicted molar refractivity (Wildman–Crippen MR) is 39.8 cm³/mol. The van der Waals surface area contributed by atoms with Crippen LogP contribution in [0, 0.1) is 0 Å². The number of hydrogen-bond acceptors (Lipinski definition) is 3. The largest absolute Gasteiger partial charge is 1.00 e. The molecule has 0 aromatic rings. The number of aliphatic carboxylic acids is 1. The minimum Gasteiger partial charge on any atom is -1.00 e. The van der Waals surface area contributed by atoms with Crippen LogP contribution < -0.4 is 35.5 Å². The zero-order valence-corrected chi connectivity index (χ0v) is 7.81. The Labute approximate surface area is 72.2 Å².